The van der Waals surface area contributed by atoms with Gasteiger partial charge in [-0.25, -0.2) is 0 Å². The van der Waals surface area contributed by atoms with E-state index in [9.17, 15) is 10.1 Å². The summed E-state index contributed by atoms with van der Waals surface area (Å²) in [6, 6.07) is 28.0. The fourth-order valence-electron chi connectivity index (χ4n) is 5.07. The van der Waals surface area contributed by atoms with E-state index in [0.717, 1.165) is 36.1 Å². The molecule has 2 aliphatic rings. The predicted molar refractivity (Wildman–Crippen MR) is 142 cm³/mol. The highest BCUT2D eigenvalue weighted by Crippen LogP contribution is 2.45. The van der Waals surface area contributed by atoms with Crippen LogP contribution in [0.4, 0.5) is 5.69 Å². The SMILES string of the molecule is O=[N+]([O-])c1ccc(CO/N=C/c2nn(C3CC3)c3c2C=CC(c2ccccc2)(c2ccccc2)C3)cc1. The van der Waals surface area contributed by atoms with E-state index in [1.165, 1.54) is 29.0 Å². The molecule has 0 aliphatic heterocycles. The molecular weight excluding hydrogens is 464 g/mol. The fraction of sp³-hybridized carbons (Fsp3) is 0.200. The zero-order valence-corrected chi connectivity index (χ0v) is 20.2. The molecule has 1 heterocycles. The van der Waals surface area contributed by atoms with E-state index in [-0.39, 0.29) is 17.7 Å². The van der Waals surface area contributed by atoms with Crippen molar-refractivity contribution in [1.29, 1.82) is 0 Å². The smallest absolute Gasteiger partial charge is 0.269 e. The molecule has 0 unspecified atom stereocenters. The van der Waals surface area contributed by atoms with Gasteiger partial charge in [0.2, 0.25) is 0 Å². The van der Waals surface area contributed by atoms with Crippen LogP contribution in [0.3, 0.4) is 0 Å². The molecule has 0 N–H and O–H groups in total. The molecule has 184 valence electrons. The minimum Gasteiger partial charge on any atom is -0.391 e. The Morgan fingerprint density at radius 2 is 1.65 bits per heavy atom. The molecule has 0 spiro atoms. The summed E-state index contributed by atoms with van der Waals surface area (Å²) in [5.74, 6) is 0. The number of oxime groups is 1. The van der Waals surface area contributed by atoms with Crippen LogP contribution in [-0.4, -0.2) is 20.9 Å². The fourth-order valence-corrected chi connectivity index (χ4v) is 5.07. The Morgan fingerprint density at radius 3 is 2.24 bits per heavy atom. The van der Waals surface area contributed by atoms with Gasteiger partial charge in [0.1, 0.15) is 12.3 Å². The summed E-state index contributed by atoms with van der Waals surface area (Å²) in [5, 5.41) is 20.0. The third kappa shape index (κ3) is 4.44. The van der Waals surface area contributed by atoms with Gasteiger partial charge in [-0.2, -0.15) is 5.10 Å². The first-order chi connectivity index (χ1) is 18.1. The number of nitro benzene ring substituents is 1. The highest BCUT2D eigenvalue weighted by Gasteiger charge is 2.39. The number of nitrogens with zero attached hydrogens (tertiary/aromatic N) is 4. The maximum atomic E-state index is 10.8. The lowest BCUT2D eigenvalue weighted by atomic mass is 9.68. The van der Waals surface area contributed by atoms with Gasteiger partial charge in [0.15, 0.2) is 0 Å². The normalized spacial score (nSPS) is 16.0. The molecule has 6 rings (SSSR count). The second-order valence-corrected chi connectivity index (χ2v) is 9.57. The van der Waals surface area contributed by atoms with Crippen LogP contribution in [0, 0.1) is 10.1 Å². The van der Waals surface area contributed by atoms with Crippen LogP contribution in [-0.2, 0) is 23.3 Å². The summed E-state index contributed by atoms with van der Waals surface area (Å²) >= 11 is 0. The van der Waals surface area contributed by atoms with Gasteiger partial charge in [0, 0.05) is 35.2 Å². The van der Waals surface area contributed by atoms with Gasteiger partial charge < -0.3 is 4.84 Å². The molecule has 2 aliphatic carbocycles. The number of benzene rings is 3. The molecule has 0 amide bonds. The molecule has 1 saturated carbocycles. The number of allylic oxidation sites excluding steroid dienone is 1. The number of aromatic nitrogens is 2. The first kappa shape index (κ1) is 22.9. The van der Waals surface area contributed by atoms with Gasteiger partial charge >= 0.3 is 0 Å². The summed E-state index contributed by atoms with van der Waals surface area (Å²) < 4.78 is 2.19. The minimum atomic E-state index is -0.417. The lowest BCUT2D eigenvalue weighted by molar-refractivity contribution is -0.384. The largest absolute Gasteiger partial charge is 0.391 e. The maximum Gasteiger partial charge on any atom is 0.269 e. The Kier molecular flexibility index (Phi) is 5.88. The van der Waals surface area contributed by atoms with E-state index in [1.807, 2.05) is 0 Å². The van der Waals surface area contributed by atoms with Crippen LogP contribution in [0.2, 0.25) is 0 Å². The summed E-state index contributed by atoms with van der Waals surface area (Å²) in [6.07, 6.45) is 9.24. The first-order valence-electron chi connectivity index (χ1n) is 12.4. The maximum absolute atomic E-state index is 10.8. The Bertz CT molecular complexity index is 1430. The van der Waals surface area contributed by atoms with Crippen molar-refractivity contribution in [2.75, 3.05) is 0 Å². The Hall–Kier alpha value is -4.52. The van der Waals surface area contributed by atoms with Crippen molar-refractivity contribution in [3.05, 3.63) is 135 Å². The quantitative estimate of drug-likeness (QED) is 0.166. The van der Waals surface area contributed by atoms with Gasteiger partial charge in [0.25, 0.3) is 5.69 Å². The first-order valence-corrected chi connectivity index (χ1v) is 12.4. The molecule has 0 radical (unpaired) electrons. The van der Waals surface area contributed by atoms with Crippen LogP contribution in [0.5, 0.6) is 0 Å². The number of non-ortho nitro benzene ring substituents is 1. The summed E-state index contributed by atoms with van der Waals surface area (Å²) in [5.41, 5.74) is 6.19. The lowest BCUT2D eigenvalue weighted by Gasteiger charge is -2.35. The Labute approximate surface area is 214 Å². The molecule has 1 fully saturated rings. The van der Waals surface area contributed by atoms with E-state index in [0.29, 0.717) is 6.04 Å². The molecule has 1 aromatic heterocycles. The van der Waals surface area contributed by atoms with Crippen molar-refractivity contribution in [3.63, 3.8) is 0 Å². The van der Waals surface area contributed by atoms with E-state index in [1.54, 1.807) is 18.3 Å². The molecule has 0 bridgehead atoms. The third-order valence-electron chi connectivity index (χ3n) is 7.16. The molecule has 3 aromatic carbocycles. The van der Waals surface area contributed by atoms with Crippen molar-refractivity contribution < 1.29 is 9.76 Å². The highest BCUT2D eigenvalue weighted by molar-refractivity contribution is 5.84. The average Bonchev–Trinajstić information content (AvgIpc) is 3.73. The van der Waals surface area contributed by atoms with Crippen LogP contribution >= 0.6 is 0 Å². The van der Waals surface area contributed by atoms with Crippen molar-refractivity contribution >= 4 is 18.0 Å². The van der Waals surface area contributed by atoms with Crippen molar-refractivity contribution in [2.45, 2.75) is 37.3 Å². The zero-order chi connectivity index (χ0) is 25.2. The number of hydrogen-bond donors (Lipinski definition) is 0. The van der Waals surface area contributed by atoms with Crippen molar-refractivity contribution in [2.24, 2.45) is 5.16 Å². The van der Waals surface area contributed by atoms with E-state index in [4.69, 9.17) is 9.94 Å². The average molecular weight is 491 g/mol. The molecule has 37 heavy (non-hydrogen) atoms. The number of fused-ring (bicyclic) bond motifs is 1. The van der Waals surface area contributed by atoms with Gasteiger partial charge in [0.05, 0.1) is 17.2 Å². The second kappa shape index (κ2) is 9.50. The van der Waals surface area contributed by atoms with Crippen molar-refractivity contribution in [3.8, 4) is 0 Å². The molecule has 4 aromatic rings. The van der Waals surface area contributed by atoms with Gasteiger partial charge in [-0.1, -0.05) is 78.0 Å². The Balaban J connectivity index is 1.29. The summed E-state index contributed by atoms with van der Waals surface area (Å²) in [4.78, 5) is 15.9. The number of rotatable bonds is 8. The van der Waals surface area contributed by atoms with E-state index in [2.05, 4.69) is 82.7 Å². The highest BCUT2D eigenvalue weighted by atomic mass is 16.6. The standard InChI is InChI=1S/C30H26N4O3/c35-34(36)26-13-11-22(12-14-26)21-37-31-20-28-27-17-18-30(23-7-3-1-4-8-23,24-9-5-2-6-10-24)19-29(27)33(32-28)25-15-16-25/h1-14,17-18,20,25H,15-16,19,21H2/b31-20+. The molecule has 7 heteroatoms. The van der Waals surface area contributed by atoms with Crippen LogP contribution in [0.1, 0.15) is 52.5 Å². The van der Waals surface area contributed by atoms with Crippen LogP contribution in [0.25, 0.3) is 6.08 Å². The Morgan fingerprint density at radius 1 is 1.00 bits per heavy atom. The molecule has 0 saturated heterocycles. The number of hydrogen-bond acceptors (Lipinski definition) is 5. The molecular formula is C30H26N4O3. The van der Waals surface area contributed by atoms with E-state index >= 15 is 0 Å². The topological polar surface area (TPSA) is 82.6 Å². The predicted octanol–water partition coefficient (Wildman–Crippen LogP) is 6.23. The second-order valence-electron chi connectivity index (χ2n) is 9.57. The van der Waals surface area contributed by atoms with Crippen LogP contribution < -0.4 is 0 Å². The summed E-state index contributed by atoms with van der Waals surface area (Å²) in [6.45, 7) is 0.223. The summed E-state index contributed by atoms with van der Waals surface area (Å²) in [7, 11) is 0. The third-order valence-corrected chi connectivity index (χ3v) is 7.16. The zero-order valence-electron chi connectivity index (χ0n) is 20.2. The lowest BCUT2D eigenvalue weighted by Crippen LogP contribution is -2.31. The molecule has 0 atom stereocenters. The van der Waals surface area contributed by atoms with Crippen LogP contribution in [0.15, 0.2) is 96.2 Å². The van der Waals surface area contributed by atoms with E-state index < -0.39 is 4.92 Å². The van der Waals surface area contributed by atoms with Gasteiger partial charge in [-0.3, -0.25) is 14.8 Å². The van der Waals surface area contributed by atoms with Gasteiger partial charge in [-0.05, 0) is 41.7 Å². The van der Waals surface area contributed by atoms with Crippen molar-refractivity contribution in [1.82, 2.24) is 9.78 Å². The minimum absolute atomic E-state index is 0.0540. The number of nitro groups is 1. The monoisotopic (exact) mass is 490 g/mol. The van der Waals surface area contributed by atoms with Gasteiger partial charge in [-0.15, -0.1) is 0 Å². The molecule has 7 nitrogen and oxygen atoms in total.